The molecule has 0 heterocycles. The Balaban J connectivity index is 3.48. The lowest BCUT2D eigenvalue weighted by Gasteiger charge is -2.00. The summed E-state index contributed by atoms with van der Waals surface area (Å²) in [4.78, 5) is 10.4. The van der Waals surface area contributed by atoms with Crippen molar-refractivity contribution in [2.24, 2.45) is 0 Å². The van der Waals surface area contributed by atoms with Crippen molar-refractivity contribution in [3.63, 3.8) is 0 Å². The largest absolute Gasteiger partial charge is 0.479 e. The highest BCUT2D eigenvalue weighted by atomic mass is 16.4. The van der Waals surface area contributed by atoms with E-state index in [4.69, 9.17) is 10.2 Å². The van der Waals surface area contributed by atoms with Gasteiger partial charge in [0.2, 0.25) is 0 Å². The Labute approximate surface area is 141 Å². The highest BCUT2D eigenvalue weighted by Gasteiger charge is 2.10. The van der Waals surface area contributed by atoms with Gasteiger partial charge in [0, 0.05) is 0 Å². The van der Waals surface area contributed by atoms with Gasteiger partial charge < -0.3 is 10.2 Å². The standard InChI is InChI=1S/C20H32O3/c1-2-3-4-5-6-7-8-9-10-11-12-13-14-15-16-17-18-19(21)20(22)23/h6-9,12-13,15-16,19,21H,2-5,10-11,14,17-18H2,1H3,(H,22,23)/b7-6+,9-8+,13-12+,16-15+. The fourth-order valence-corrected chi connectivity index (χ4v) is 1.94. The molecule has 0 spiro atoms. The molecule has 0 aromatic heterocycles. The topological polar surface area (TPSA) is 57.5 Å². The molecule has 0 saturated carbocycles. The number of carboxylic acids is 1. The first-order valence-electron chi connectivity index (χ1n) is 8.71. The van der Waals surface area contributed by atoms with Gasteiger partial charge in [-0.05, 0) is 44.9 Å². The Bertz CT molecular complexity index is 392. The predicted octanol–water partition coefficient (Wildman–Crippen LogP) is 5.19. The quantitative estimate of drug-likeness (QED) is 0.263. The van der Waals surface area contributed by atoms with Crippen molar-refractivity contribution in [3.05, 3.63) is 48.6 Å². The average Bonchev–Trinajstić information content (AvgIpc) is 2.54. The monoisotopic (exact) mass is 320 g/mol. The van der Waals surface area contributed by atoms with E-state index in [2.05, 4.69) is 43.4 Å². The minimum absolute atomic E-state index is 0.270. The van der Waals surface area contributed by atoms with Crippen LogP contribution in [0.25, 0.3) is 0 Å². The third kappa shape index (κ3) is 16.6. The Morgan fingerprint density at radius 2 is 1.48 bits per heavy atom. The number of rotatable bonds is 14. The number of hydrogen-bond donors (Lipinski definition) is 2. The van der Waals surface area contributed by atoms with E-state index < -0.39 is 12.1 Å². The van der Waals surface area contributed by atoms with Crippen LogP contribution in [0.2, 0.25) is 0 Å². The molecule has 0 saturated heterocycles. The normalized spacial score (nSPS) is 13.8. The molecule has 0 radical (unpaired) electrons. The van der Waals surface area contributed by atoms with Gasteiger partial charge in [-0.1, -0.05) is 68.4 Å². The van der Waals surface area contributed by atoms with Crippen molar-refractivity contribution in [2.45, 2.75) is 70.8 Å². The van der Waals surface area contributed by atoms with E-state index in [9.17, 15) is 4.79 Å². The molecule has 0 aliphatic rings. The van der Waals surface area contributed by atoms with Crippen LogP contribution in [0.5, 0.6) is 0 Å². The van der Waals surface area contributed by atoms with Crippen molar-refractivity contribution >= 4 is 5.97 Å². The van der Waals surface area contributed by atoms with Crippen LogP contribution >= 0.6 is 0 Å². The van der Waals surface area contributed by atoms with E-state index in [1.807, 2.05) is 12.2 Å². The molecule has 0 amide bonds. The van der Waals surface area contributed by atoms with Crippen LogP contribution in [-0.4, -0.2) is 22.3 Å². The SMILES string of the molecule is CCCCC/C=C/C=C/CC/C=C/C/C=C/CCC(O)C(=O)O. The molecule has 0 rings (SSSR count). The van der Waals surface area contributed by atoms with Crippen molar-refractivity contribution in [1.82, 2.24) is 0 Å². The van der Waals surface area contributed by atoms with Crippen LogP contribution in [0.1, 0.15) is 64.7 Å². The Morgan fingerprint density at radius 3 is 2.13 bits per heavy atom. The van der Waals surface area contributed by atoms with E-state index in [0.717, 1.165) is 19.3 Å². The Kier molecular flexibility index (Phi) is 15.6. The third-order valence-corrected chi connectivity index (χ3v) is 3.35. The second-order valence-electron chi connectivity index (χ2n) is 5.54. The molecule has 3 nitrogen and oxygen atoms in total. The first kappa shape index (κ1) is 21.4. The molecule has 0 bridgehead atoms. The summed E-state index contributed by atoms with van der Waals surface area (Å²) in [5.41, 5.74) is 0. The van der Waals surface area contributed by atoms with Crippen molar-refractivity contribution in [3.8, 4) is 0 Å². The van der Waals surface area contributed by atoms with Crippen LogP contribution in [0.15, 0.2) is 48.6 Å². The average molecular weight is 320 g/mol. The minimum atomic E-state index is -1.25. The van der Waals surface area contributed by atoms with Gasteiger partial charge in [0.1, 0.15) is 0 Å². The number of aliphatic carboxylic acids is 1. The molecule has 0 aliphatic carbocycles. The van der Waals surface area contributed by atoms with Gasteiger partial charge >= 0.3 is 5.97 Å². The number of carboxylic acid groups (broad SMARTS) is 1. The van der Waals surface area contributed by atoms with Crippen LogP contribution in [-0.2, 0) is 4.79 Å². The molecular weight excluding hydrogens is 288 g/mol. The molecule has 130 valence electrons. The van der Waals surface area contributed by atoms with Gasteiger partial charge in [-0.15, -0.1) is 0 Å². The highest BCUT2D eigenvalue weighted by Crippen LogP contribution is 2.01. The molecular formula is C20H32O3. The zero-order chi connectivity index (χ0) is 17.2. The van der Waals surface area contributed by atoms with Crippen LogP contribution in [0.4, 0.5) is 0 Å². The first-order valence-corrected chi connectivity index (χ1v) is 8.71. The lowest BCUT2D eigenvalue weighted by atomic mass is 10.2. The summed E-state index contributed by atoms with van der Waals surface area (Å²) in [6.45, 7) is 2.22. The summed E-state index contributed by atoms with van der Waals surface area (Å²) in [5, 5.41) is 17.6. The molecule has 0 fully saturated rings. The second kappa shape index (κ2) is 16.8. The van der Waals surface area contributed by atoms with E-state index in [1.165, 1.54) is 25.7 Å². The summed E-state index contributed by atoms with van der Waals surface area (Å²) in [6, 6.07) is 0. The van der Waals surface area contributed by atoms with Gasteiger partial charge in [-0.2, -0.15) is 0 Å². The lowest BCUT2D eigenvalue weighted by molar-refractivity contribution is -0.146. The fraction of sp³-hybridized carbons (Fsp3) is 0.550. The predicted molar refractivity (Wildman–Crippen MR) is 97.4 cm³/mol. The molecule has 0 aromatic rings. The first-order chi connectivity index (χ1) is 11.2. The maximum Gasteiger partial charge on any atom is 0.332 e. The van der Waals surface area contributed by atoms with Crippen LogP contribution in [0.3, 0.4) is 0 Å². The van der Waals surface area contributed by atoms with Gasteiger partial charge in [-0.25, -0.2) is 4.79 Å². The molecule has 1 unspecified atom stereocenters. The number of allylic oxidation sites excluding steroid dienone is 8. The lowest BCUT2D eigenvalue weighted by Crippen LogP contribution is -2.18. The van der Waals surface area contributed by atoms with Crippen molar-refractivity contribution in [1.29, 1.82) is 0 Å². The Hall–Kier alpha value is -1.61. The van der Waals surface area contributed by atoms with Crippen molar-refractivity contribution in [2.75, 3.05) is 0 Å². The highest BCUT2D eigenvalue weighted by molar-refractivity contribution is 5.71. The number of carbonyl (C=O) groups is 1. The number of aliphatic hydroxyl groups excluding tert-OH is 1. The maximum absolute atomic E-state index is 10.4. The van der Waals surface area contributed by atoms with E-state index in [0.29, 0.717) is 6.42 Å². The molecule has 23 heavy (non-hydrogen) atoms. The minimum Gasteiger partial charge on any atom is -0.479 e. The molecule has 3 heteroatoms. The number of unbranched alkanes of at least 4 members (excludes halogenated alkanes) is 4. The maximum atomic E-state index is 10.4. The van der Waals surface area contributed by atoms with E-state index in [1.54, 1.807) is 0 Å². The zero-order valence-electron chi connectivity index (χ0n) is 14.4. The summed E-state index contributed by atoms with van der Waals surface area (Å²) in [6.07, 6.45) is 24.4. The van der Waals surface area contributed by atoms with Gasteiger partial charge in [0.15, 0.2) is 6.10 Å². The summed E-state index contributed by atoms with van der Waals surface area (Å²) >= 11 is 0. The third-order valence-electron chi connectivity index (χ3n) is 3.35. The van der Waals surface area contributed by atoms with E-state index >= 15 is 0 Å². The summed E-state index contributed by atoms with van der Waals surface area (Å²) < 4.78 is 0. The number of aliphatic hydroxyl groups is 1. The molecule has 1 atom stereocenters. The van der Waals surface area contributed by atoms with Gasteiger partial charge in [-0.3, -0.25) is 0 Å². The smallest absolute Gasteiger partial charge is 0.332 e. The molecule has 2 N–H and O–H groups in total. The van der Waals surface area contributed by atoms with Crippen molar-refractivity contribution < 1.29 is 15.0 Å². The number of hydrogen-bond acceptors (Lipinski definition) is 2. The van der Waals surface area contributed by atoms with Crippen LogP contribution < -0.4 is 0 Å². The summed E-state index contributed by atoms with van der Waals surface area (Å²) in [7, 11) is 0. The van der Waals surface area contributed by atoms with E-state index in [-0.39, 0.29) is 6.42 Å². The second-order valence-corrected chi connectivity index (χ2v) is 5.54. The summed E-state index contributed by atoms with van der Waals surface area (Å²) in [5.74, 6) is -1.15. The molecule has 0 aromatic carbocycles. The fourth-order valence-electron chi connectivity index (χ4n) is 1.94. The Morgan fingerprint density at radius 1 is 0.870 bits per heavy atom. The zero-order valence-corrected chi connectivity index (χ0v) is 14.4. The molecule has 0 aliphatic heterocycles. The van der Waals surface area contributed by atoms with Crippen LogP contribution in [0, 0.1) is 0 Å². The van der Waals surface area contributed by atoms with Gasteiger partial charge in [0.05, 0.1) is 0 Å². The van der Waals surface area contributed by atoms with Gasteiger partial charge in [0.25, 0.3) is 0 Å².